The topological polar surface area (TPSA) is 69.8 Å². The van der Waals surface area contributed by atoms with E-state index in [1.807, 2.05) is 30.0 Å². The van der Waals surface area contributed by atoms with Crippen LogP contribution in [-0.2, 0) is 0 Å². The third-order valence-corrected chi connectivity index (χ3v) is 5.13. The first-order valence-electron chi connectivity index (χ1n) is 7.83. The maximum absolute atomic E-state index is 12.8. The predicted molar refractivity (Wildman–Crippen MR) is 100 cm³/mol. The first kappa shape index (κ1) is 17.0. The summed E-state index contributed by atoms with van der Waals surface area (Å²) in [4.78, 5) is 21.2. The van der Waals surface area contributed by atoms with Gasteiger partial charge in [-0.15, -0.1) is 23.7 Å². The van der Waals surface area contributed by atoms with Crippen LogP contribution in [0.15, 0.2) is 36.1 Å². The van der Waals surface area contributed by atoms with Gasteiger partial charge in [-0.05, 0) is 49.7 Å². The highest BCUT2D eigenvalue weighted by Gasteiger charge is 2.19. The SMILES string of the molecule is Cl.O=C(NC1CCNCC1)c1cc(-c2cncs2)cc2[nH]ccc12. The molecule has 3 heterocycles. The lowest BCUT2D eigenvalue weighted by molar-refractivity contribution is 0.0931. The quantitative estimate of drug-likeness (QED) is 0.670. The molecule has 4 rings (SSSR count). The summed E-state index contributed by atoms with van der Waals surface area (Å²) in [5, 5.41) is 7.47. The summed E-state index contributed by atoms with van der Waals surface area (Å²) < 4.78 is 0. The highest BCUT2D eigenvalue weighted by molar-refractivity contribution is 7.13. The lowest BCUT2D eigenvalue weighted by Gasteiger charge is -2.24. The van der Waals surface area contributed by atoms with Crippen molar-refractivity contribution in [1.29, 1.82) is 0 Å². The molecule has 3 N–H and O–H groups in total. The van der Waals surface area contributed by atoms with Gasteiger partial charge in [-0.1, -0.05) is 0 Å². The van der Waals surface area contributed by atoms with Crippen LogP contribution in [0.3, 0.4) is 0 Å². The monoisotopic (exact) mass is 362 g/mol. The van der Waals surface area contributed by atoms with Crippen LogP contribution >= 0.6 is 23.7 Å². The molecule has 0 unspecified atom stereocenters. The van der Waals surface area contributed by atoms with Crippen LogP contribution in [0.5, 0.6) is 0 Å². The van der Waals surface area contributed by atoms with Crippen molar-refractivity contribution in [2.24, 2.45) is 0 Å². The zero-order valence-corrected chi connectivity index (χ0v) is 14.7. The van der Waals surface area contributed by atoms with Crippen LogP contribution in [0.4, 0.5) is 0 Å². The first-order chi connectivity index (χ1) is 11.3. The normalized spacial score (nSPS) is 15.2. The molecule has 2 aromatic heterocycles. The number of nitrogens with zero attached hydrogens (tertiary/aromatic N) is 1. The van der Waals surface area contributed by atoms with E-state index in [1.165, 1.54) is 0 Å². The molecule has 0 bridgehead atoms. The summed E-state index contributed by atoms with van der Waals surface area (Å²) >= 11 is 1.58. The lowest BCUT2D eigenvalue weighted by atomic mass is 10.0. The third kappa shape index (κ3) is 3.31. The molecule has 0 spiro atoms. The molecule has 0 aliphatic carbocycles. The average Bonchev–Trinajstić information content (AvgIpc) is 3.26. The van der Waals surface area contributed by atoms with E-state index in [4.69, 9.17) is 0 Å². The molecular formula is C17H19ClN4OS. The number of halogens is 1. The Morgan fingerprint density at radius 1 is 1.29 bits per heavy atom. The standard InChI is InChI=1S/C17H18N4OS.ClH/c22-17(21-12-1-4-18-5-2-12)14-7-11(16-9-19-10-23-16)8-15-13(14)3-6-20-15;/h3,6-10,12,18,20H,1-2,4-5H2,(H,21,22);1H. The van der Waals surface area contributed by atoms with Crippen molar-refractivity contribution in [3.05, 3.63) is 41.7 Å². The summed E-state index contributed by atoms with van der Waals surface area (Å²) in [5.74, 6) is 0.00728. The highest BCUT2D eigenvalue weighted by Crippen LogP contribution is 2.29. The number of carbonyl (C=O) groups is 1. The van der Waals surface area contributed by atoms with Crippen LogP contribution in [0.1, 0.15) is 23.2 Å². The molecule has 7 heteroatoms. The molecule has 1 aromatic carbocycles. The van der Waals surface area contributed by atoms with Gasteiger partial charge in [0.05, 0.1) is 10.4 Å². The Morgan fingerprint density at radius 3 is 2.88 bits per heavy atom. The summed E-state index contributed by atoms with van der Waals surface area (Å²) in [5.41, 5.74) is 4.54. The number of piperidine rings is 1. The third-order valence-electron chi connectivity index (χ3n) is 4.30. The number of aromatic nitrogens is 2. The van der Waals surface area contributed by atoms with Crippen LogP contribution in [0.25, 0.3) is 21.3 Å². The Hall–Kier alpha value is -1.89. The predicted octanol–water partition coefficient (Wildman–Crippen LogP) is 3.20. The lowest BCUT2D eigenvalue weighted by Crippen LogP contribution is -2.42. The van der Waals surface area contributed by atoms with Crippen molar-refractivity contribution in [2.75, 3.05) is 13.1 Å². The van der Waals surface area contributed by atoms with Crippen molar-refractivity contribution in [3.63, 3.8) is 0 Å². The van der Waals surface area contributed by atoms with Crippen molar-refractivity contribution in [3.8, 4) is 10.4 Å². The molecule has 1 fully saturated rings. The Kier molecular flexibility index (Phi) is 5.18. The second kappa shape index (κ2) is 7.34. The molecule has 1 aliphatic heterocycles. The van der Waals surface area contributed by atoms with E-state index in [-0.39, 0.29) is 24.4 Å². The highest BCUT2D eigenvalue weighted by atomic mass is 35.5. The zero-order valence-electron chi connectivity index (χ0n) is 13.0. The average molecular weight is 363 g/mol. The van der Waals surface area contributed by atoms with Gasteiger partial charge in [0.15, 0.2) is 0 Å². The van der Waals surface area contributed by atoms with E-state index in [2.05, 4.69) is 26.7 Å². The van der Waals surface area contributed by atoms with Gasteiger partial charge in [0.25, 0.3) is 5.91 Å². The molecule has 0 saturated carbocycles. The molecule has 5 nitrogen and oxygen atoms in total. The summed E-state index contributed by atoms with van der Waals surface area (Å²) in [6.07, 6.45) is 5.68. The number of amides is 1. The van der Waals surface area contributed by atoms with Gasteiger partial charge in [0, 0.05) is 34.9 Å². The van der Waals surface area contributed by atoms with E-state index in [0.717, 1.165) is 52.8 Å². The number of aromatic amines is 1. The first-order valence-corrected chi connectivity index (χ1v) is 8.71. The van der Waals surface area contributed by atoms with Crippen molar-refractivity contribution < 1.29 is 4.79 Å². The number of fused-ring (bicyclic) bond motifs is 1. The summed E-state index contributed by atoms with van der Waals surface area (Å²) in [6.45, 7) is 1.93. The number of hydrogen-bond acceptors (Lipinski definition) is 4. The van der Waals surface area contributed by atoms with Crippen LogP contribution in [-0.4, -0.2) is 35.0 Å². The molecule has 1 saturated heterocycles. The molecule has 1 aliphatic rings. The minimum atomic E-state index is 0. The van der Waals surface area contributed by atoms with Crippen molar-refractivity contribution in [1.82, 2.24) is 20.6 Å². The molecule has 3 aromatic rings. The van der Waals surface area contributed by atoms with Gasteiger partial charge >= 0.3 is 0 Å². The minimum Gasteiger partial charge on any atom is -0.361 e. The molecular weight excluding hydrogens is 344 g/mol. The second-order valence-corrected chi connectivity index (χ2v) is 6.71. The Labute approximate surface area is 150 Å². The molecule has 24 heavy (non-hydrogen) atoms. The number of H-pyrrole nitrogens is 1. The largest absolute Gasteiger partial charge is 0.361 e. The number of thiazole rings is 1. The molecule has 1 amide bonds. The number of benzene rings is 1. The number of nitrogens with one attached hydrogen (secondary N) is 3. The van der Waals surface area contributed by atoms with E-state index in [0.29, 0.717) is 0 Å². The summed E-state index contributed by atoms with van der Waals surface area (Å²) in [7, 11) is 0. The molecule has 126 valence electrons. The fourth-order valence-corrected chi connectivity index (χ4v) is 3.70. The number of hydrogen-bond donors (Lipinski definition) is 3. The number of rotatable bonds is 3. The molecule has 0 atom stereocenters. The van der Waals surface area contributed by atoms with Crippen molar-refractivity contribution >= 4 is 40.6 Å². The smallest absolute Gasteiger partial charge is 0.252 e. The second-order valence-electron chi connectivity index (χ2n) is 5.83. The molecule has 0 radical (unpaired) electrons. The van der Waals surface area contributed by atoms with Crippen molar-refractivity contribution in [2.45, 2.75) is 18.9 Å². The fraction of sp³-hybridized carbons (Fsp3) is 0.294. The van der Waals surface area contributed by atoms with Gasteiger partial charge < -0.3 is 15.6 Å². The van der Waals surface area contributed by atoms with Gasteiger partial charge in [-0.2, -0.15) is 0 Å². The maximum atomic E-state index is 12.8. The minimum absolute atomic E-state index is 0. The zero-order chi connectivity index (χ0) is 15.6. The number of carbonyl (C=O) groups excluding carboxylic acids is 1. The van der Waals surface area contributed by atoms with E-state index >= 15 is 0 Å². The van der Waals surface area contributed by atoms with Gasteiger partial charge in [-0.3, -0.25) is 9.78 Å². The van der Waals surface area contributed by atoms with Gasteiger partial charge in [0.1, 0.15) is 0 Å². The van der Waals surface area contributed by atoms with E-state index in [1.54, 1.807) is 11.3 Å². The van der Waals surface area contributed by atoms with Crippen LogP contribution in [0, 0.1) is 0 Å². The Balaban J connectivity index is 0.00000169. The Morgan fingerprint density at radius 2 is 2.12 bits per heavy atom. The summed E-state index contributed by atoms with van der Waals surface area (Å²) in [6, 6.07) is 6.26. The Bertz CT molecular complexity index is 824. The fourth-order valence-electron chi connectivity index (χ4n) is 3.08. The maximum Gasteiger partial charge on any atom is 0.252 e. The van der Waals surface area contributed by atoms with E-state index in [9.17, 15) is 4.79 Å². The van der Waals surface area contributed by atoms with Gasteiger partial charge in [0.2, 0.25) is 0 Å². The van der Waals surface area contributed by atoms with Gasteiger partial charge in [-0.25, -0.2) is 0 Å². The van der Waals surface area contributed by atoms with E-state index < -0.39 is 0 Å². The van der Waals surface area contributed by atoms with Crippen LogP contribution < -0.4 is 10.6 Å². The van der Waals surface area contributed by atoms with Crippen LogP contribution in [0.2, 0.25) is 0 Å².